The highest BCUT2D eigenvalue weighted by molar-refractivity contribution is 5.76. The number of benzene rings is 1. The fourth-order valence-electron chi connectivity index (χ4n) is 4.16. The molecule has 2 aromatic heterocycles. The van der Waals surface area contributed by atoms with E-state index >= 15 is 0 Å². The van der Waals surface area contributed by atoms with Crippen molar-refractivity contribution >= 4 is 17.3 Å². The van der Waals surface area contributed by atoms with Gasteiger partial charge in [0.25, 0.3) is 5.92 Å². The van der Waals surface area contributed by atoms with E-state index in [2.05, 4.69) is 4.98 Å². The number of alkyl halides is 2. The average molecular weight is 459 g/mol. The van der Waals surface area contributed by atoms with E-state index < -0.39 is 23.0 Å². The maximum atomic E-state index is 13.8. The van der Waals surface area contributed by atoms with Crippen LogP contribution in [0.25, 0.3) is 22.4 Å². The number of pyridine rings is 1. The number of rotatable bonds is 5. The standard InChI is InChI=1S/C24H28F2N4O3/c1-22(2,3)30(21(32)33)12-15-7-6-8-16(11-15)17-9-10-18-19(27-17)28(5)20(31)29(18)14-23(4)13-24(23,25)26/h6-11H,12-14H2,1-5H3,(H,32,33)/t23-/m0/s1. The molecule has 33 heavy (non-hydrogen) atoms. The molecule has 7 nitrogen and oxygen atoms in total. The van der Waals surface area contributed by atoms with Crippen molar-refractivity contribution < 1.29 is 18.7 Å². The van der Waals surface area contributed by atoms with E-state index in [0.717, 1.165) is 11.1 Å². The third kappa shape index (κ3) is 4.00. The summed E-state index contributed by atoms with van der Waals surface area (Å²) in [6, 6.07) is 10.9. The first kappa shape index (κ1) is 22.9. The Labute approximate surface area is 190 Å². The summed E-state index contributed by atoms with van der Waals surface area (Å²) in [5, 5.41) is 9.58. The Balaban J connectivity index is 1.69. The van der Waals surface area contributed by atoms with Crippen LogP contribution in [0.1, 0.15) is 39.7 Å². The predicted molar refractivity (Wildman–Crippen MR) is 121 cm³/mol. The molecule has 0 radical (unpaired) electrons. The van der Waals surface area contributed by atoms with E-state index in [1.54, 1.807) is 19.2 Å². The van der Waals surface area contributed by atoms with Crippen molar-refractivity contribution in [2.75, 3.05) is 0 Å². The number of carboxylic acid groups (broad SMARTS) is 1. The number of hydrogen-bond acceptors (Lipinski definition) is 3. The van der Waals surface area contributed by atoms with Crippen LogP contribution in [-0.2, 0) is 20.1 Å². The van der Waals surface area contributed by atoms with Crippen molar-refractivity contribution in [1.82, 2.24) is 19.0 Å². The van der Waals surface area contributed by atoms with Crippen molar-refractivity contribution in [1.29, 1.82) is 0 Å². The summed E-state index contributed by atoms with van der Waals surface area (Å²) in [5.41, 5.74) is 0.952. The molecule has 176 valence electrons. The van der Waals surface area contributed by atoms with Crippen LogP contribution in [0.3, 0.4) is 0 Å². The number of aryl methyl sites for hydroxylation is 1. The number of imidazole rings is 1. The van der Waals surface area contributed by atoms with Gasteiger partial charge >= 0.3 is 11.8 Å². The molecule has 3 aromatic rings. The molecule has 1 fully saturated rings. The molecule has 1 saturated carbocycles. The van der Waals surface area contributed by atoms with Crippen LogP contribution in [-0.4, -0.2) is 41.7 Å². The highest BCUT2D eigenvalue weighted by Crippen LogP contribution is 2.61. The highest BCUT2D eigenvalue weighted by Gasteiger charge is 2.68. The predicted octanol–water partition coefficient (Wildman–Crippen LogP) is 4.73. The normalized spacial score (nSPS) is 19.6. The van der Waals surface area contributed by atoms with Gasteiger partial charge in [-0.1, -0.05) is 25.1 Å². The first-order valence-electron chi connectivity index (χ1n) is 10.8. The molecule has 0 aliphatic heterocycles. The number of carbonyl (C=O) groups is 1. The second kappa shape index (κ2) is 7.40. The Hall–Kier alpha value is -3.23. The van der Waals surface area contributed by atoms with Gasteiger partial charge in [0.2, 0.25) is 0 Å². The van der Waals surface area contributed by atoms with Gasteiger partial charge in [-0.25, -0.2) is 23.4 Å². The summed E-state index contributed by atoms with van der Waals surface area (Å²) < 4.78 is 30.3. The Morgan fingerprint density at radius 1 is 1.24 bits per heavy atom. The van der Waals surface area contributed by atoms with Gasteiger partial charge < -0.3 is 5.11 Å². The van der Waals surface area contributed by atoms with Crippen molar-refractivity contribution in [2.24, 2.45) is 12.5 Å². The Morgan fingerprint density at radius 3 is 2.48 bits per heavy atom. The van der Waals surface area contributed by atoms with E-state index in [4.69, 9.17) is 0 Å². The van der Waals surface area contributed by atoms with Crippen molar-refractivity contribution in [3.8, 4) is 11.3 Å². The van der Waals surface area contributed by atoms with E-state index in [9.17, 15) is 23.5 Å². The maximum Gasteiger partial charge on any atom is 0.408 e. The summed E-state index contributed by atoms with van der Waals surface area (Å²) in [7, 11) is 1.58. The van der Waals surface area contributed by atoms with E-state index in [-0.39, 0.29) is 25.2 Å². The maximum absolute atomic E-state index is 13.8. The molecule has 1 aromatic carbocycles. The van der Waals surface area contributed by atoms with Gasteiger partial charge in [-0.15, -0.1) is 0 Å². The van der Waals surface area contributed by atoms with Gasteiger partial charge in [0.05, 0.1) is 16.6 Å². The molecule has 1 atom stereocenters. The van der Waals surface area contributed by atoms with E-state index in [0.29, 0.717) is 16.9 Å². The molecule has 9 heteroatoms. The van der Waals surface area contributed by atoms with Gasteiger partial charge in [0, 0.05) is 37.7 Å². The van der Waals surface area contributed by atoms with Crippen molar-refractivity contribution in [2.45, 2.75) is 58.7 Å². The Kier molecular flexibility index (Phi) is 5.14. The molecule has 0 spiro atoms. The lowest BCUT2D eigenvalue weighted by Gasteiger charge is -2.33. The summed E-state index contributed by atoms with van der Waals surface area (Å²) >= 11 is 0. The van der Waals surface area contributed by atoms with Crippen LogP contribution in [0.5, 0.6) is 0 Å². The zero-order chi connectivity index (χ0) is 24.3. The number of fused-ring (bicyclic) bond motifs is 1. The number of hydrogen-bond donors (Lipinski definition) is 1. The number of nitrogens with zero attached hydrogens (tertiary/aromatic N) is 4. The zero-order valence-electron chi connectivity index (χ0n) is 19.4. The molecule has 1 N–H and O–H groups in total. The van der Waals surface area contributed by atoms with Crippen molar-refractivity contribution in [3.05, 3.63) is 52.4 Å². The summed E-state index contributed by atoms with van der Waals surface area (Å²) in [5.74, 6) is -2.76. The summed E-state index contributed by atoms with van der Waals surface area (Å²) in [6.07, 6.45) is -1.23. The molecular formula is C24H28F2N4O3. The van der Waals surface area contributed by atoms with Gasteiger partial charge in [-0.2, -0.15) is 0 Å². The number of amides is 1. The smallest absolute Gasteiger partial charge is 0.408 e. The molecule has 1 aliphatic rings. The van der Waals surface area contributed by atoms with Crippen molar-refractivity contribution in [3.63, 3.8) is 0 Å². The van der Waals surface area contributed by atoms with Gasteiger partial charge in [-0.05, 0) is 44.5 Å². The first-order valence-corrected chi connectivity index (χ1v) is 10.8. The number of aromatic nitrogens is 3. The topological polar surface area (TPSA) is 80.4 Å². The third-order valence-corrected chi connectivity index (χ3v) is 6.46. The van der Waals surface area contributed by atoms with Gasteiger partial charge in [0.1, 0.15) is 0 Å². The minimum Gasteiger partial charge on any atom is -0.465 e. The van der Waals surface area contributed by atoms with Crippen LogP contribution >= 0.6 is 0 Å². The first-order chi connectivity index (χ1) is 15.2. The lowest BCUT2D eigenvalue weighted by atomic mass is 10.0. The molecule has 2 heterocycles. The van der Waals surface area contributed by atoms with Crippen LogP contribution in [0.15, 0.2) is 41.2 Å². The average Bonchev–Trinajstić information content (AvgIpc) is 3.15. The minimum absolute atomic E-state index is 0.0650. The SMILES string of the molecule is Cn1c(=O)n(C[C@]2(C)CC2(F)F)c2ccc(-c3cccc(CN(C(=O)O)C(C)(C)C)c3)nc21. The Morgan fingerprint density at radius 2 is 1.91 bits per heavy atom. The Bertz CT molecular complexity index is 1310. The summed E-state index contributed by atoms with van der Waals surface area (Å²) in [6.45, 7) is 7.15. The lowest BCUT2D eigenvalue weighted by Crippen LogP contribution is -2.44. The van der Waals surface area contributed by atoms with Crippen LogP contribution in [0, 0.1) is 5.41 Å². The number of halogens is 2. The van der Waals surface area contributed by atoms with Gasteiger partial charge in [-0.3, -0.25) is 14.0 Å². The monoisotopic (exact) mass is 458 g/mol. The zero-order valence-corrected chi connectivity index (χ0v) is 19.4. The molecule has 1 amide bonds. The van der Waals surface area contributed by atoms with Crippen LogP contribution in [0.2, 0.25) is 0 Å². The molecule has 4 rings (SSSR count). The molecule has 0 bridgehead atoms. The fourth-order valence-corrected chi connectivity index (χ4v) is 4.16. The fraction of sp³-hybridized carbons (Fsp3) is 0.458. The lowest BCUT2D eigenvalue weighted by molar-refractivity contribution is 0.0637. The quantitative estimate of drug-likeness (QED) is 0.600. The molecule has 0 saturated heterocycles. The van der Waals surface area contributed by atoms with Gasteiger partial charge in [0.15, 0.2) is 5.65 Å². The molecular weight excluding hydrogens is 430 g/mol. The third-order valence-electron chi connectivity index (χ3n) is 6.46. The largest absolute Gasteiger partial charge is 0.465 e. The molecule has 1 aliphatic carbocycles. The van der Waals surface area contributed by atoms with Crippen LogP contribution < -0.4 is 5.69 Å². The summed E-state index contributed by atoms with van der Waals surface area (Å²) in [4.78, 5) is 30.5. The second-order valence-corrected chi connectivity index (χ2v) is 10.1. The minimum atomic E-state index is -2.76. The van der Waals surface area contributed by atoms with E-state index in [1.165, 1.54) is 21.0 Å². The van der Waals surface area contributed by atoms with Crippen LogP contribution in [0.4, 0.5) is 13.6 Å². The molecule has 0 unspecified atom stereocenters. The second-order valence-electron chi connectivity index (χ2n) is 10.1. The van der Waals surface area contributed by atoms with E-state index in [1.807, 2.05) is 45.0 Å². The highest BCUT2D eigenvalue weighted by atomic mass is 19.3.